The maximum Gasteiger partial charge on any atom is 0.249 e. The lowest BCUT2D eigenvalue weighted by molar-refractivity contribution is -0.302. The summed E-state index contributed by atoms with van der Waals surface area (Å²) < 4.78 is 11.1. The highest BCUT2D eigenvalue weighted by Gasteiger charge is 2.44. The van der Waals surface area contributed by atoms with Crippen molar-refractivity contribution in [1.29, 1.82) is 0 Å². The van der Waals surface area contributed by atoms with Gasteiger partial charge in [-0.15, -0.1) is 0 Å². The van der Waals surface area contributed by atoms with Crippen LogP contribution in [0.4, 0.5) is 0 Å². The molecule has 0 saturated carbocycles. The Morgan fingerprint density at radius 1 is 0.667 bits per heavy atom. The van der Waals surface area contributed by atoms with Crippen LogP contribution in [0.5, 0.6) is 0 Å². The normalized spacial score (nSPS) is 22.9. The van der Waals surface area contributed by atoms with Gasteiger partial charge in [0.15, 0.2) is 6.29 Å². The van der Waals surface area contributed by atoms with E-state index in [1.165, 1.54) is 103 Å². The number of aliphatic hydroxyl groups excluding tert-OH is 6. The van der Waals surface area contributed by atoms with E-state index in [-0.39, 0.29) is 6.61 Å². The van der Waals surface area contributed by atoms with E-state index in [2.05, 4.69) is 31.3 Å². The molecule has 0 bridgehead atoms. The van der Waals surface area contributed by atoms with E-state index in [1.807, 2.05) is 6.08 Å². The fourth-order valence-corrected chi connectivity index (χ4v) is 6.41. The van der Waals surface area contributed by atoms with Crippen LogP contribution in [0.3, 0.4) is 0 Å². The first-order chi connectivity index (χ1) is 24.8. The van der Waals surface area contributed by atoms with E-state index in [4.69, 9.17) is 9.47 Å². The molecule has 1 heterocycles. The molecule has 0 spiro atoms. The van der Waals surface area contributed by atoms with Crippen molar-refractivity contribution >= 4 is 5.91 Å². The SMILES string of the molecule is CCCCCCCCCCCC/C=C/CC/C=C/C(O)C(COC1OC(CO)C(O)C(O)C1O)NC(=O)C(O)CCCCCCCCCCCC. The van der Waals surface area contributed by atoms with Crippen molar-refractivity contribution in [2.45, 2.75) is 217 Å². The minimum atomic E-state index is -1.61. The van der Waals surface area contributed by atoms with Gasteiger partial charge in [-0.1, -0.05) is 160 Å². The van der Waals surface area contributed by atoms with E-state index in [0.29, 0.717) is 19.3 Å². The Morgan fingerprint density at radius 3 is 1.71 bits per heavy atom. The highest BCUT2D eigenvalue weighted by molar-refractivity contribution is 5.80. The summed E-state index contributed by atoms with van der Waals surface area (Å²) in [6, 6.07) is -0.990. The monoisotopic (exact) mass is 728 g/mol. The molecule has 10 heteroatoms. The standard InChI is InChI=1S/C41H77NO9/c1-3-5-7-9-11-13-15-16-17-18-19-20-22-23-25-27-29-34(44)33(32-50-41-39(48)38(47)37(46)36(31-43)51-41)42-40(49)35(45)30-28-26-24-21-14-12-10-8-6-4-2/h20,22,27,29,33-39,41,43-48H,3-19,21,23-26,28,30-32H2,1-2H3,(H,42,49)/b22-20+,29-27+. The number of nitrogens with one attached hydrogen (secondary N) is 1. The lowest BCUT2D eigenvalue weighted by Gasteiger charge is -2.40. The van der Waals surface area contributed by atoms with Crippen LogP contribution < -0.4 is 5.32 Å². The van der Waals surface area contributed by atoms with E-state index in [9.17, 15) is 35.4 Å². The molecule has 7 N–H and O–H groups in total. The van der Waals surface area contributed by atoms with Crippen LogP contribution in [-0.2, 0) is 14.3 Å². The Balaban J connectivity index is 2.52. The first-order valence-electron chi connectivity index (χ1n) is 20.7. The molecule has 300 valence electrons. The van der Waals surface area contributed by atoms with Gasteiger partial charge in [-0.2, -0.15) is 0 Å². The second kappa shape index (κ2) is 32.1. The molecule has 51 heavy (non-hydrogen) atoms. The van der Waals surface area contributed by atoms with Gasteiger partial charge in [0.25, 0.3) is 0 Å². The van der Waals surface area contributed by atoms with Gasteiger partial charge in [0.05, 0.1) is 25.4 Å². The first-order valence-corrected chi connectivity index (χ1v) is 20.7. The number of allylic oxidation sites excluding steroid dienone is 3. The fourth-order valence-electron chi connectivity index (χ4n) is 6.41. The van der Waals surface area contributed by atoms with Crippen LogP contribution in [0, 0.1) is 0 Å². The highest BCUT2D eigenvalue weighted by atomic mass is 16.7. The summed E-state index contributed by atoms with van der Waals surface area (Å²) in [4.78, 5) is 12.9. The number of amides is 1. The molecule has 10 nitrogen and oxygen atoms in total. The van der Waals surface area contributed by atoms with Gasteiger partial charge in [-0.3, -0.25) is 4.79 Å². The van der Waals surface area contributed by atoms with Gasteiger partial charge in [-0.25, -0.2) is 0 Å². The number of carbonyl (C=O) groups is 1. The molecule has 0 aromatic rings. The number of hydrogen-bond donors (Lipinski definition) is 7. The third-order valence-corrected chi connectivity index (χ3v) is 9.89. The average molecular weight is 728 g/mol. The smallest absolute Gasteiger partial charge is 0.249 e. The molecule has 0 aliphatic carbocycles. The summed E-state index contributed by atoms with van der Waals surface area (Å²) in [6.45, 7) is 3.55. The number of rotatable bonds is 33. The molecule has 0 radical (unpaired) electrons. The maximum atomic E-state index is 12.9. The lowest BCUT2D eigenvalue weighted by atomic mass is 9.99. The van der Waals surface area contributed by atoms with Crippen LogP contribution >= 0.6 is 0 Å². The molecule has 1 rings (SSSR count). The molecular weight excluding hydrogens is 650 g/mol. The maximum absolute atomic E-state index is 12.9. The van der Waals surface area contributed by atoms with Crippen molar-refractivity contribution in [3.63, 3.8) is 0 Å². The van der Waals surface area contributed by atoms with Gasteiger partial charge in [0.2, 0.25) is 5.91 Å². The molecule has 1 amide bonds. The summed E-state index contributed by atoms with van der Waals surface area (Å²) >= 11 is 0. The number of hydrogen-bond acceptors (Lipinski definition) is 9. The Hall–Kier alpha value is -1.37. The zero-order chi connectivity index (χ0) is 37.5. The zero-order valence-corrected chi connectivity index (χ0v) is 32.2. The fraction of sp³-hybridized carbons (Fsp3) is 0.878. The Bertz CT molecular complexity index is 870. The second-order valence-corrected chi connectivity index (χ2v) is 14.6. The third-order valence-electron chi connectivity index (χ3n) is 9.89. The van der Waals surface area contributed by atoms with Crippen molar-refractivity contribution in [3.8, 4) is 0 Å². The van der Waals surface area contributed by atoms with Crippen LogP contribution in [0.1, 0.15) is 168 Å². The van der Waals surface area contributed by atoms with Crippen LogP contribution in [0.15, 0.2) is 24.3 Å². The van der Waals surface area contributed by atoms with E-state index >= 15 is 0 Å². The predicted octanol–water partition coefficient (Wildman–Crippen LogP) is 6.52. The zero-order valence-electron chi connectivity index (χ0n) is 32.2. The largest absolute Gasteiger partial charge is 0.394 e. The van der Waals surface area contributed by atoms with Crippen LogP contribution in [0.25, 0.3) is 0 Å². The second-order valence-electron chi connectivity index (χ2n) is 14.6. The Morgan fingerprint density at radius 2 is 1.16 bits per heavy atom. The number of carbonyl (C=O) groups excluding carboxylic acids is 1. The Labute approximate surface area is 310 Å². The third kappa shape index (κ3) is 23.1. The molecular formula is C41H77NO9. The predicted molar refractivity (Wildman–Crippen MR) is 204 cm³/mol. The molecule has 8 unspecified atom stereocenters. The minimum Gasteiger partial charge on any atom is -0.394 e. The van der Waals surface area contributed by atoms with Crippen molar-refractivity contribution in [2.75, 3.05) is 13.2 Å². The molecule has 1 saturated heterocycles. The van der Waals surface area contributed by atoms with E-state index < -0.39 is 61.5 Å². The molecule has 1 fully saturated rings. The summed E-state index contributed by atoms with van der Waals surface area (Å²) in [5.74, 6) is -0.629. The van der Waals surface area contributed by atoms with Gasteiger partial charge in [-0.05, 0) is 32.1 Å². The molecule has 1 aliphatic rings. The number of unbranched alkanes of at least 4 members (excludes halogenated alkanes) is 20. The number of aliphatic hydroxyl groups is 6. The van der Waals surface area contributed by atoms with Gasteiger partial charge in [0, 0.05) is 0 Å². The first kappa shape index (κ1) is 47.7. The van der Waals surface area contributed by atoms with Gasteiger partial charge >= 0.3 is 0 Å². The van der Waals surface area contributed by atoms with Gasteiger partial charge < -0.3 is 45.4 Å². The van der Waals surface area contributed by atoms with Crippen molar-refractivity contribution in [3.05, 3.63) is 24.3 Å². The Kier molecular flexibility index (Phi) is 30.0. The molecule has 0 aromatic carbocycles. The minimum absolute atomic E-state index is 0.306. The quantitative estimate of drug-likeness (QED) is 0.0294. The molecule has 8 atom stereocenters. The molecule has 1 aliphatic heterocycles. The van der Waals surface area contributed by atoms with Crippen molar-refractivity contribution in [1.82, 2.24) is 5.32 Å². The summed E-state index contributed by atoms with van der Waals surface area (Å²) in [5, 5.41) is 64.3. The lowest BCUT2D eigenvalue weighted by Crippen LogP contribution is -2.60. The van der Waals surface area contributed by atoms with Crippen LogP contribution in [-0.4, -0.2) is 98.7 Å². The summed E-state index contributed by atoms with van der Waals surface area (Å²) in [5.41, 5.74) is 0. The molecule has 0 aromatic heterocycles. The van der Waals surface area contributed by atoms with Crippen molar-refractivity contribution in [2.24, 2.45) is 0 Å². The summed E-state index contributed by atoms with van der Waals surface area (Å²) in [6.07, 6.45) is 25.6. The van der Waals surface area contributed by atoms with E-state index in [1.54, 1.807) is 6.08 Å². The van der Waals surface area contributed by atoms with Crippen molar-refractivity contribution < 1.29 is 44.9 Å². The topological polar surface area (TPSA) is 169 Å². The number of ether oxygens (including phenoxy) is 2. The van der Waals surface area contributed by atoms with E-state index in [0.717, 1.165) is 32.1 Å². The average Bonchev–Trinajstić information content (AvgIpc) is 3.13. The summed E-state index contributed by atoms with van der Waals surface area (Å²) in [7, 11) is 0. The highest BCUT2D eigenvalue weighted by Crippen LogP contribution is 2.22. The van der Waals surface area contributed by atoms with Crippen LogP contribution in [0.2, 0.25) is 0 Å². The van der Waals surface area contributed by atoms with Gasteiger partial charge in [0.1, 0.15) is 30.5 Å².